The van der Waals surface area contributed by atoms with Crippen LogP contribution in [0.3, 0.4) is 0 Å². The first kappa shape index (κ1) is 12.3. The zero-order valence-corrected chi connectivity index (χ0v) is 7.31. The van der Waals surface area contributed by atoms with Crippen molar-refractivity contribution in [2.45, 2.75) is 33.6 Å². The van der Waals surface area contributed by atoms with Crippen LogP contribution in [0.2, 0.25) is 0 Å². The summed E-state index contributed by atoms with van der Waals surface area (Å²) in [5.41, 5.74) is 0. The van der Waals surface area contributed by atoms with Crippen molar-refractivity contribution in [2.24, 2.45) is 0 Å². The summed E-state index contributed by atoms with van der Waals surface area (Å²) in [5.74, 6) is 0. The van der Waals surface area contributed by atoms with Crippen molar-refractivity contribution in [3.8, 4) is 0 Å². The Morgan fingerprint density at radius 2 is 2.00 bits per heavy atom. The number of nitrogens with one attached hydrogen (secondary N) is 1. The standard InChI is InChI=1S/C6H13NO.C2H6/c1-2-3-4-7-5-6-8;1-2/h6-7H,2-5H2,1H3;1-2H3. The van der Waals surface area contributed by atoms with E-state index in [9.17, 15) is 4.79 Å². The van der Waals surface area contributed by atoms with E-state index in [0.29, 0.717) is 6.54 Å². The largest absolute Gasteiger partial charge is 0.310 e. The van der Waals surface area contributed by atoms with Gasteiger partial charge in [0.15, 0.2) is 0 Å². The van der Waals surface area contributed by atoms with Gasteiger partial charge in [0.05, 0.1) is 6.54 Å². The first-order valence-electron chi connectivity index (χ1n) is 4.06. The maximum absolute atomic E-state index is 9.71. The van der Waals surface area contributed by atoms with Gasteiger partial charge in [-0.25, -0.2) is 0 Å². The summed E-state index contributed by atoms with van der Waals surface area (Å²) in [6.45, 7) is 7.60. The summed E-state index contributed by atoms with van der Waals surface area (Å²) in [5, 5.41) is 2.97. The Hall–Kier alpha value is -0.370. The third-order valence-electron chi connectivity index (χ3n) is 0.935. The highest BCUT2D eigenvalue weighted by atomic mass is 16.1. The van der Waals surface area contributed by atoms with Gasteiger partial charge in [0.25, 0.3) is 0 Å². The average molecular weight is 145 g/mol. The molecule has 0 saturated heterocycles. The summed E-state index contributed by atoms with van der Waals surface area (Å²) < 4.78 is 0. The topological polar surface area (TPSA) is 29.1 Å². The molecular formula is C8H19NO. The van der Waals surface area contributed by atoms with Crippen LogP contribution in [0.25, 0.3) is 0 Å². The van der Waals surface area contributed by atoms with Crippen molar-refractivity contribution >= 4 is 6.29 Å². The Bertz CT molecular complexity index is 55.2. The molecule has 0 fully saturated rings. The van der Waals surface area contributed by atoms with E-state index in [4.69, 9.17) is 0 Å². The minimum absolute atomic E-state index is 0.500. The molecular weight excluding hydrogens is 126 g/mol. The number of unbranched alkanes of at least 4 members (excludes halogenated alkanes) is 1. The second-order valence-electron chi connectivity index (χ2n) is 1.72. The highest BCUT2D eigenvalue weighted by molar-refractivity contribution is 5.51. The second kappa shape index (κ2) is 15.9. The highest BCUT2D eigenvalue weighted by Crippen LogP contribution is 1.80. The van der Waals surface area contributed by atoms with Gasteiger partial charge in [-0.1, -0.05) is 27.2 Å². The van der Waals surface area contributed by atoms with E-state index in [0.717, 1.165) is 19.3 Å². The molecule has 0 aromatic carbocycles. The van der Waals surface area contributed by atoms with Crippen molar-refractivity contribution in [3.05, 3.63) is 0 Å². The molecule has 0 spiro atoms. The molecule has 1 N–H and O–H groups in total. The molecule has 2 heteroatoms. The van der Waals surface area contributed by atoms with Crippen LogP contribution < -0.4 is 5.32 Å². The van der Waals surface area contributed by atoms with Crippen molar-refractivity contribution in [1.82, 2.24) is 5.32 Å². The van der Waals surface area contributed by atoms with E-state index in [1.54, 1.807) is 0 Å². The fourth-order valence-electron chi connectivity index (χ4n) is 0.463. The van der Waals surface area contributed by atoms with Gasteiger partial charge in [-0.15, -0.1) is 0 Å². The van der Waals surface area contributed by atoms with Crippen LogP contribution in [-0.4, -0.2) is 19.4 Å². The minimum Gasteiger partial charge on any atom is -0.310 e. The van der Waals surface area contributed by atoms with Crippen molar-refractivity contribution in [3.63, 3.8) is 0 Å². The molecule has 0 radical (unpaired) electrons. The summed E-state index contributed by atoms with van der Waals surface area (Å²) in [7, 11) is 0. The molecule has 0 bridgehead atoms. The number of aldehydes is 1. The van der Waals surface area contributed by atoms with E-state index in [-0.39, 0.29) is 0 Å². The van der Waals surface area contributed by atoms with Gasteiger partial charge in [0.2, 0.25) is 0 Å². The smallest absolute Gasteiger partial charge is 0.133 e. The molecule has 0 aromatic rings. The summed E-state index contributed by atoms with van der Waals surface area (Å²) in [6, 6.07) is 0. The maximum atomic E-state index is 9.71. The van der Waals surface area contributed by atoms with E-state index in [1.807, 2.05) is 13.8 Å². The molecule has 0 aromatic heterocycles. The van der Waals surface area contributed by atoms with Gasteiger partial charge < -0.3 is 10.1 Å². The van der Waals surface area contributed by atoms with Gasteiger partial charge in [0.1, 0.15) is 6.29 Å². The molecule has 0 aliphatic rings. The lowest BCUT2D eigenvalue weighted by Crippen LogP contribution is -2.16. The van der Waals surface area contributed by atoms with Crippen LogP contribution in [0.1, 0.15) is 33.6 Å². The van der Waals surface area contributed by atoms with Crippen LogP contribution in [0.4, 0.5) is 0 Å². The normalized spacial score (nSPS) is 7.90. The van der Waals surface area contributed by atoms with Gasteiger partial charge in [0, 0.05) is 0 Å². The van der Waals surface area contributed by atoms with E-state index in [2.05, 4.69) is 12.2 Å². The van der Waals surface area contributed by atoms with Crippen LogP contribution in [0.15, 0.2) is 0 Å². The first-order chi connectivity index (χ1) is 4.91. The van der Waals surface area contributed by atoms with E-state index < -0.39 is 0 Å². The SMILES string of the molecule is CC.CCCCNCC=O. The van der Waals surface area contributed by atoms with Gasteiger partial charge in [-0.3, -0.25) is 0 Å². The molecule has 0 aliphatic heterocycles. The average Bonchev–Trinajstić information content (AvgIpc) is 2.02. The predicted molar refractivity (Wildman–Crippen MR) is 45.2 cm³/mol. The van der Waals surface area contributed by atoms with E-state index >= 15 is 0 Å². The van der Waals surface area contributed by atoms with Gasteiger partial charge in [-0.2, -0.15) is 0 Å². The zero-order valence-electron chi connectivity index (χ0n) is 7.31. The molecule has 0 heterocycles. The Balaban J connectivity index is 0. The van der Waals surface area contributed by atoms with Crippen LogP contribution >= 0.6 is 0 Å². The van der Waals surface area contributed by atoms with Gasteiger partial charge >= 0.3 is 0 Å². The third kappa shape index (κ3) is 15.6. The van der Waals surface area contributed by atoms with Gasteiger partial charge in [-0.05, 0) is 13.0 Å². The maximum Gasteiger partial charge on any atom is 0.133 e. The molecule has 0 aliphatic carbocycles. The number of carbonyl (C=O) groups excluding carboxylic acids is 1. The lowest BCUT2D eigenvalue weighted by Gasteiger charge is -1.94. The fourth-order valence-corrected chi connectivity index (χ4v) is 0.463. The van der Waals surface area contributed by atoms with E-state index in [1.165, 1.54) is 6.42 Å². The second-order valence-corrected chi connectivity index (χ2v) is 1.72. The third-order valence-corrected chi connectivity index (χ3v) is 0.935. The molecule has 0 saturated carbocycles. The molecule has 0 amide bonds. The molecule has 62 valence electrons. The Labute approximate surface area is 64.0 Å². The van der Waals surface area contributed by atoms with Crippen molar-refractivity contribution in [2.75, 3.05) is 13.1 Å². The molecule has 0 rings (SSSR count). The Morgan fingerprint density at radius 3 is 2.40 bits per heavy atom. The number of rotatable bonds is 5. The predicted octanol–water partition coefficient (Wildman–Crippen LogP) is 1.60. The van der Waals surface area contributed by atoms with Crippen LogP contribution in [0.5, 0.6) is 0 Å². The minimum atomic E-state index is 0.500. The highest BCUT2D eigenvalue weighted by Gasteiger charge is 1.80. The summed E-state index contributed by atoms with van der Waals surface area (Å²) in [4.78, 5) is 9.71. The first-order valence-corrected chi connectivity index (χ1v) is 4.06. The number of hydrogen-bond acceptors (Lipinski definition) is 2. The van der Waals surface area contributed by atoms with Crippen LogP contribution in [0, 0.1) is 0 Å². The number of hydrogen-bond donors (Lipinski definition) is 1. The van der Waals surface area contributed by atoms with Crippen molar-refractivity contribution in [1.29, 1.82) is 0 Å². The summed E-state index contributed by atoms with van der Waals surface area (Å²) >= 11 is 0. The summed E-state index contributed by atoms with van der Waals surface area (Å²) in [6.07, 6.45) is 3.23. The zero-order chi connectivity index (χ0) is 8.24. The van der Waals surface area contributed by atoms with Crippen molar-refractivity contribution < 1.29 is 4.79 Å². The Morgan fingerprint density at radius 1 is 1.40 bits per heavy atom. The van der Waals surface area contributed by atoms with Crippen LogP contribution in [-0.2, 0) is 4.79 Å². The fraction of sp³-hybridized carbons (Fsp3) is 0.875. The molecule has 2 nitrogen and oxygen atoms in total. The Kier molecular flexibility index (Phi) is 19.5. The number of carbonyl (C=O) groups is 1. The lowest BCUT2D eigenvalue weighted by molar-refractivity contribution is -0.107. The quantitative estimate of drug-likeness (QED) is 0.470. The monoisotopic (exact) mass is 145 g/mol. The molecule has 0 atom stereocenters. The molecule has 10 heavy (non-hydrogen) atoms. The molecule has 0 unspecified atom stereocenters. The lowest BCUT2D eigenvalue weighted by atomic mass is 10.3.